The van der Waals surface area contributed by atoms with Gasteiger partial charge in [-0.15, -0.1) is 0 Å². The molecule has 5 heteroatoms. The van der Waals surface area contributed by atoms with E-state index < -0.39 is 0 Å². The minimum absolute atomic E-state index is 0.688. The number of aromatic nitrogens is 3. The molecule has 3 rings (SSSR count). The molecule has 4 nitrogen and oxygen atoms in total. The van der Waals surface area contributed by atoms with Crippen molar-refractivity contribution < 1.29 is 0 Å². The summed E-state index contributed by atoms with van der Waals surface area (Å²) in [5.41, 5.74) is 2.97. The zero-order chi connectivity index (χ0) is 15.9. The Kier molecular flexibility index (Phi) is 5.29. The first kappa shape index (κ1) is 15.6. The molecule has 0 N–H and O–H groups in total. The second kappa shape index (κ2) is 7.81. The maximum atomic E-state index is 6.07. The molecule has 0 spiro atoms. The molecule has 0 aliphatic carbocycles. The van der Waals surface area contributed by atoms with Crippen LogP contribution in [-0.4, -0.2) is 19.9 Å². The molecular weight excluding hydrogens is 308 g/mol. The normalized spacial score (nSPS) is 10.9. The van der Waals surface area contributed by atoms with Gasteiger partial charge in [-0.2, -0.15) is 0 Å². The van der Waals surface area contributed by atoms with Crippen molar-refractivity contribution in [1.29, 1.82) is 0 Å². The lowest BCUT2D eigenvalue weighted by Gasteiger charge is -2.21. The van der Waals surface area contributed by atoms with Crippen LogP contribution in [0.3, 0.4) is 0 Å². The Morgan fingerprint density at radius 3 is 1.78 bits per heavy atom. The van der Waals surface area contributed by atoms with E-state index in [-0.39, 0.29) is 0 Å². The zero-order valence-electron chi connectivity index (χ0n) is 12.6. The van der Waals surface area contributed by atoms with Gasteiger partial charge in [0.05, 0.1) is 17.1 Å². The quantitative estimate of drug-likeness (QED) is 0.693. The molecule has 0 unspecified atom stereocenters. The van der Waals surface area contributed by atoms with Crippen LogP contribution >= 0.6 is 11.6 Å². The molecule has 0 fully saturated rings. The number of hydrogen-bond donors (Lipinski definition) is 0. The summed E-state index contributed by atoms with van der Waals surface area (Å²) in [6, 6.07) is 15.6. The largest absolute Gasteiger partial charge is 0.286 e. The van der Waals surface area contributed by atoms with Crippen LogP contribution in [-0.2, 0) is 19.6 Å². The molecule has 0 atom stereocenters. The SMILES string of the molecule is Clc1ccnc(CN(Cc2ccccn2)Cc2ccccn2)c1. The topological polar surface area (TPSA) is 41.9 Å². The van der Waals surface area contributed by atoms with Gasteiger partial charge in [0.25, 0.3) is 0 Å². The van der Waals surface area contributed by atoms with Gasteiger partial charge in [0.15, 0.2) is 0 Å². The first-order valence-corrected chi connectivity index (χ1v) is 7.80. The van der Waals surface area contributed by atoms with E-state index >= 15 is 0 Å². The summed E-state index contributed by atoms with van der Waals surface area (Å²) in [5.74, 6) is 0. The first-order chi connectivity index (χ1) is 11.3. The fourth-order valence-electron chi connectivity index (χ4n) is 2.37. The van der Waals surface area contributed by atoms with Crippen LogP contribution in [0.15, 0.2) is 67.1 Å². The zero-order valence-corrected chi connectivity index (χ0v) is 13.4. The van der Waals surface area contributed by atoms with Gasteiger partial charge in [-0.25, -0.2) is 0 Å². The van der Waals surface area contributed by atoms with Crippen LogP contribution < -0.4 is 0 Å². The third-order valence-corrected chi connectivity index (χ3v) is 3.62. The second-order valence-corrected chi connectivity index (χ2v) is 5.69. The third-order valence-electron chi connectivity index (χ3n) is 3.39. The van der Waals surface area contributed by atoms with E-state index in [1.807, 2.05) is 54.9 Å². The second-order valence-electron chi connectivity index (χ2n) is 5.25. The molecule has 3 aromatic heterocycles. The van der Waals surface area contributed by atoms with E-state index in [1.165, 1.54) is 0 Å². The van der Waals surface area contributed by atoms with E-state index in [1.54, 1.807) is 12.3 Å². The highest BCUT2D eigenvalue weighted by atomic mass is 35.5. The van der Waals surface area contributed by atoms with Gasteiger partial charge in [0.1, 0.15) is 0 Å². The third kappa shape index (κ3) is 4.84. The van der Waals surface area contributed by atoms with Crippen molar-refractivity contribution in [3.63, 3.8) is 0 Å². The highest BCUT2D eigenvalue weighted by Gasteiger charge is 2.10. The predicted octanol–water partition coefficient (Wildman–Crippen LogP) is 3.73. The molecule has 0 aromatic carbocycles. The molecule has 0 saturated carbocycles. The van der Waals surface area contributed by atoms with E-state index in [0.29, 0.717) is 11.6 Å². The summed E-state index contributed by atoms with van der Waals surface area (Å²) in [7, 11) is 0. The van der Waals surface area contributed by atoms with Crippen molar-refractivity contribution in [2.24, 2.45) is 0 Å². The highest BCUT2D eigenvalue weighted by Crippen LogP contribution is 2.14. The molecule has 0 saturated heterocycles. The van der Waals surface area contributed by atoms with Crippen molar-refractivity contribution in [2.75, 3.05) is 0 Å². The molecule has 3 heterocycles. The first-order valence-electron chi connectivity index (χ1n) is 7.42. The van der Waals surface area contributed by atoms with Crippen LogP contribution in [0.2, 0.25) is 5.02 Å². The molecule has 0 amide bonds. The Morgan fingerprint density at radius 2 is 1.26 bits per heavy atom. The molecule has 23 heavy (non-hydrogen) atoms. The summed E-state index contributed by atoms with van der Waals surface area (Å²) in [4.78, 5) is 15.5. The van der Waals surface area contributed by atoms with Gasteiger partial charge in [-0.05, 0) is 36.4 Å². The van der Waals surface area contributed by atoms with Crippen molar-refractivity contribution in [2.45, 2.75) is 19.6 Å². The van der Waals surface area contributed by atoms with E-state index in [2.05, 4.69) is 19.9 Å². The molecule has 0 aliphatic rings. The van der Waals surface area contributed by atoms with Crippen molar-refractivity contribution in [3.8, 4) is 0 Å². The van der Waals surface area contributed by atoms with Gasteiger partial charge in [0.2, 0.25) is 0 Å². The van der Waals surface area contributed by atoms with Crippen LogP contribution in [0.1, 0.15) is 17.1 Å². The van der Waals surface area contributed by atoms with Gasteiger partial charge < -0.3 is 0 Å². The molecular formula is C18H17ClN4. The van der Waals surface area contributed by atoms with Crippen LogP contribution in [0.5, 0.6) is 0 Å². The Hall–Kier alpha value is -2.30. The fraction of sp³-hybridized carbons (Fsp3) is 0.167. The Balaban J connectivity index is 1.77. The summed E-state index contributed by atoms with van der Waals surface area (Å²) in [6.07, 6.45) is 5.36. The summed E-state index contributed by atoms with van der Waals surface area (Å²) >= 11 is 6.07. The monoisotopic (exact) mass is 324 g/mol. The van der Waals surface area contributed by atoms with Crippen molar-refractivity contribution in [1.82, 2.24) is 19.9 Å². The fourth-order valence-corrected chi connectivity index (χ4v) is 2.56. The van der Waals surface area contributed by atoms with Crippen molar-refractivity contribution in [3.05, 3.63) is 89.2 Å². The molecule has 3 aromatic rings. The standard InChI is InChI=1S/C18H17ClN4/c19-15-7-10-22-18(11-15)14-23(12-16-5-1-3-8-20-16)13-17-6-2-4-9-21-17/h1-11H,12-14H2. The number of hydrogen-bond acceptors (Lipinski definition) is 4. The number of rotatable bonds is 6. The molecule has 0 bridgehead atoms. The maximum absolute atomic E-state index is 6.07. The summed E-state index contributed by atoms with van der Waals surface area (Å²) < 4.78 is 0. The van der Waals surface area contributed by atoms with Crippen molar-refractivity contribution >= 4 is 11.6 Å². The lowest BCUT2D eigenvalue weighted by molar-refractivity contribution is 0.239. The van der Waals surface area contributed by atoms with Gasteiger partial charge in [0, 0.05) is 43.2 Å². The Bertz CT molecular complexity index is 693. The Labute approximate surface area is 140 Å². The molecule has 0 aliphatic heterocycles. The van der Waals surface area contributed by atoms with Gasteiger partial charge in [-0.1, -0.05) is 23.7 Å². The number of pyridine rings is 3. The minimum atomic E-state index is 0.688. The summed E-state index contributed by atoms with van der Waals surface area (Å²) in [6.45, 7) is 2.14. The predicted molar refractivity (Wildman–Crippen MR) is 90.7 cm³/mol. The van der Waals surface area contributed by atoms with Crippen LogP contribution in [0.4, 0.5) is 0 Å². The maximum Gasteiger partial charge on any atom is 0.0559 e. The number of nitrogens with zero attached hydrogens (tertiary/aromatic N) is 4. The summed E-state index contributed by atoms with van der Waals surface area (Å²) in [5, 5.41) is 0.700. The highest BCUT2D eigenvalue weighted by molar-refractivity contribution is 6.30. The van der Waals surface area contributed by atoms with Crippen LogP contribution in [0.25, 0.3) is 0 Å². The average molecular weight is 325 g/mol. The van der Waals surface area contributed by atoms with E-state index in [0.717, 1.165) is 30.2 Å². The lowest BCUT2D eigenvalue weighted by Crippen LogP contribution is -2.24. The Morgan fingerprint density at radius 1 is 0.696 bits per heavy atom. The van der Waals surface area contributed by atoms with Gasteiger partial charge in [-0.3, -0.25) is 19.9 Å². The smallest absolute Gasteiger partial charge is 0.0559 e. The molecule has 116 valence electrons. The average Bonchev–Trinajstić information content (AvgIpc) is 2.57. The van der Waals surface area contributed by atoms with Gasteiger partial charge >= 0.3 is 0 Å². The van der Waals surface area contributed by atoms with E-state index in [4.69, 9.17) is 11.6 Å². The minimum Gasteiger partial charge on any atom is -0.286 e. The number of halogens is 1. The molecule has 0 radical (unpaired) electrons. The lowest BCUT2D eigenvalue weighted by atomic mass is 10.2. The van der Waals surface area contributed by atoms with E-state index in [9.17, 15) is 0 Å². The van der Waals surface area contributed by atoms with Crippen LogP contribution in [0, 0.1) is 0 Å².